The molecule has 2 aromatic heterocycles. The first-order valence-electron chi connectivity index (χ1n) is 6.42. The van der Waals surface area contributed by atoms with Gasteiger partial charge in [-0.1, -0.05) is 0 Å². The van der Waals surface area contributed by atoms with E-state index in [1.165, 1.54) is 10.6 Å². The number of hydrogen-bond acceptors (Lipinski definition) is 5. The lowest BCUT2D eigenvalue weighted by atomic mass is 10.2. The number of hydrogen-bond donors (Lipinski definition) is 1. The molecule has 2 aromatic rings. The van der Waals surface area contributed by atoms with Crippen LogP contribution in [0, 0.1) is 0 Å². The van der Waals surface area contributed by atoms with E-state index >= 15 is 0 Å². The predicted octanol–water partition coefficient (Wildman–Crippen LogP) is 0.171. The van der Waals surface area contributed by atoms with Crippen LogP contribution in [0.15, 0.2) is 35.4 Å². The van der Waals surface area contributed by atoms with E-state index in [4.69, 9.17) is 0 Å². The first-order chi connectivity index (χ1) is 9.99. The van der Waals surface area contributed by atoms with E-state index in [0.717, 1.165) is 5.82 Å². The van der Waals surface area contributed by atoms with Gasteiger partial charge in [0, 0.05) is 33.5 Å². The molecule has 0 fully saturated rings. The van der Waals surface area contributed by atoms with Crippen molar-refractivity contribution < 1.29 is 4.79 Å². The molecule has 1 N–H and O–H groups in total. The largest absolute Gasteiger partial charge is 0.363 e. The Bertz CT molecular complexity index is 709. The SMILES string of the molecule is CN(C)c1ccnc(CNC(=O)c2cccn(C)c2=O)n1. The Morgan fingerprint density at radius 2 is 2.14 bits per heavy atom. The van der Waals surface area contributed by atoms with Crippen molar-refractivity contribution in [3.8, 4) is 0 Å². The molecule has 7 nitrogen and oxygen atoms in total. The molecule has 0 unspecified atom stereocenters. The number of nitrogens with zero attached hydrogens (tertiary/aromatic N) is 4. The van der Waals surface area contributed by atoms with E-state index in [2.05, 4.69) is 15.3 Å². The highest BCUT2D eigenvalue weighted by Gasteiger charge is 2.11. The highest BCUT2D eigenvalue weighted by molar-refractivity contribution is 5.93. The van der Waals surface area contributed by atoms with Crippen molar-refractivity contribution in [3.63, 3.8) is 0 Å². The summed E-state index contributed by atoms with van der Waals surface area (Å²) < 4.78 is 1.36. The fourth-order valence-electron chi connectivity index (χ4n) is 1.75. The van der Waals surface area contributed by atoms with Gasteiger partial charge in [0.1, 0.15) is 17.2 Å². The number of rotatable bonds is 4. The van der Waals surface area contributed by atoms with Crippen molar-refractivity contribution in [1.82, 2.24) is 19.9 Å². The van der Waals surface area contributed by atoms with Crippen molar-refractivity contribution in [2.45, 2.75) is 6.54 Å². The maximum absolute atomic E-state index is 12.0. The van der Waals surface area contributed by atoms with Crippen LogP contribution in [0.3, 0.4) is 0 Å². The zero-order valence-electron chi connectivity index (χ0n) is 12.2. The quantitative estimate of drug-likeness (QED) is 0.867. The number of carbonyl (C=O) groups is 1. The molecule has 0 aromatic carbocycles. The number of aryl methyl sites for hydroxylation is 1. The first kappa shape index (κ1) is 14.7. The second-order valence-corrected chi connectivity index (χ2v) is 4.75. The zero-order chi connectivity index (χ0) is 15.4. The molecule has 2 heterocycles. The minimum absolute atomic E-state index is 0.101. The summed E-state index contributed by atoms with van der Waals surface area (Å²) in [5.74, 6) is 0.808. The molecule has 7 heteroatoms. The Kier molecular flexibility index (Phi) is 4.32. The van der Waals surface area contributed by atoms with Gasteiger partial charge in [-0.15, -0.1) is 0 Å². The highest BCUT2D eigenvalue weighted by atomic mass is 16.2. The lowest BCUT2D eigenvalue weighted by molar-refractivity contribution is 0.0948. The van der Waals surface area contributed by atoms with E-state index in [1.807, 2.05) is 19.0 Å². The summed E-state index contributed by atoms with van der Waals surface area (Å²) in [5.41, 5.74) is -0.235. The molecule has 0 bridgehead atoms. The van der Waals surface area contributed by atoms with Gasteiger partial charge in [-0.25, -0.2) is 9.97 Å². The fourth-order valence-corrected chi connectivity index (χ4v) is 1.75. The molecule has 0 aliphatic carbocycles. The molecular weight excluding hydrogens is 270 g/mol. The zero-order valence-corrected chi connectivity index (χ0v) is 12.2. The monoisotopic (exact) mass is 287 g/mol. The maximum Gasteiger partial charge on any atom is 0.263 e. The Morgan fingerprint density at radius 1 is 1.38 bits per heavy atom. The smallest absolute Gasteiger partial charge is 0.263 e. The number of nitrogens with one attached hydrogen (secondary N) is 1. The van der Waals surface area contributed by atoms with Gasteiger partial charge >= 0.3 is 0 Å². The molecule has 0 saturated carbocycles. The van der Waals surface area contributed by atoms with Gasteiger partial charge in [-0.2, -0.15) is 0 Å². The van der Waals surface area contributed by atoms with Crippen LogP contribution >= 0.6 is 0 Å². The molecular formula is C14H17N5O2. The summed E-state index contributed by atoms with van der Waals surface area (Å²) >= 11 is 0. The van der Waals surface area contributed by atoms with E-state index in [9.17, 15) is 9.59 Å². The molecule has 0 atom stereocenters. The summed E-state index contributed by atoms with van der Waals surface area (Å²) in [4.78, 5) is 34.1. The average molecular weight is 287 g/mol. The Labute approximate surface area is 122 Å². The van der Waals surface area contributed by atoms with Gasteiger partial charge in [-0.3, -0.25) is 9.59 Å². The second kappa shape index (κ2) is 6.17. The molecule has 1 amide bonds. The van der Waals surface area contributed by atoms with Gasteiger partial charge in [0.25, 0.3) is 11.5 Å². The Morgan fingerprint density at radius 3 is 2.86 bits per heavy atom. The summed E-state index contributed by atoms with van der Waals surface area (Å²) in [7, 11) is 5.35. The Hall–Kier alpha value is -2.70. The highest BCUT2D eigenvalue weighted by Crippen LogP contribution is 2.05. The van der Waals surface area contributed by atoms with E-state index < -0.39 is 5.91 Å². The summed E-state index contributed by atoms with van der Waals surface area (Å²) in [6, 6.07) is 4.92. The molecule has 21 heavy (non-hydrogen) atoms. The number of amides is 1. The molecule has 0 aliphatic rings. The number of carbonyl (C=O) groups excluding carboxylic acids is 1. The number of anilines is 1. The van der Waals surface area contributed by atoms with Gasteiger partial charge in [0.2, 0.25) is 0 Å². The molecule has 2 rings (SSSR count). The third-order valence-corrected chi connectivity index (χ3v) is 2.92. The number of pyridine rings is 1. The summed E-state index contributed by atoms with van der Waals surface area (Å²) in [6.07, 6.45) is 3.23. The van der Waals surface area contributed by atoms with Crippen molar-refractivity contribution in [1.29, 1.82) is 0 Å². The van der Waals surface area contributed by atoms with E-state index in [1.54, 1.807) is 31.6 Å². The molecule has 0 saturated heterocycles. The van der Waals surface area contributed by atoms with Crippen LogP contribution < -0.4 is 15.8 Å². The normalized spacial score (nSPS) is 10.2. The second-order valence-electron chi connectivity index (χ2n) is 4.75. The summed E-state index contributed by atoms with van der Waals surface area (Å²) in [5, 5.41) is 2.65. The van der Waals surface area contributed by atoms with Crippen LogP contribution in [-0.4, -0.2) is 34.5 Å². The van der Waals surface area contributed by atoms with Gasteiger partial charge in [0.15, 0.2) is 0 Å². The third kappa shape index (κ3) is 3.44. The lowest BCUT2D eigenvalue weighted by Gasteiger charge is -2.11. The molecule has 0 aliphatic heterocycles. The van der Waals surface area contributed by atoms with Crippen LogP contribution in [0.4, 0.5) is 5.82 Å². The molecule has 110 valence electrons. The van der Waals surface area contributed by atoms with E-state index in [-0.39, 0.29) is 17.7 Å². The first-order valence-corrected chi connectivity index (χ1v) is 6.42. The third-order valence-electron chi connectivity index (χ3n) is 2.92. The summed E-state index contributed by atoms with van der Waals surface area (Å²) in [6.45, 7) is 0.165. The predicted molar refractivity (Wildman–Crippen MR) is 79.2 cm³/mol. The van der Waals surface area contributed by atoms with Crippen LogP contribution in [0.1, 0.15) is 16.2 Å². The van der Waals surface area contributed by atoms with Crippen LogP contribution in [0.2, 0.25) is 0 Å². The fraction of sp³-hybridized carbons (Fsp3) is 0.286. The van der Waals surface area contributed by atoms with Crippen molar-refractivity contribution in [3.05, 3.63) is 52.3 Å². The maximum atomic E-state index is 12.0. The number of aromatic nitrogens is 3. The van der Waals surface area contributed by atoms with Gasteiger partial charge in [0.05, 0.1) is 6.54 Å². The minimum atomic E-state index is -0.435. The topological polar surface area (TPSA) is 80.1 Å². The van der Waals surface area contributed by atoms with E-state index in [0.29, 0.717) is 5.82 Å². The van der Waals surface area contributed by atoms with Gasteiger partial charge < -0.3 is 14.8 Å². The van der Waals surface area contributed by atoms with Crippen LogP contribution in [-0.2, 0) is 13.6 Å². The molecule has 0 spiro atoms. The average Bonchev–Trinajstić information content (AvgIpc) is 2.48. The minimum Gasteiger partial charge on any atom is -0.363 e. The van der Waals surface area contributed by atoms with Gasteiger partial charge in [-0.05, 0) is 18.2 Å². The van der Waals surface area contributed by atoms with Crippen LogP contribution in [0.5, 0.6) is 0 Å². The van der Waals surface area contributed by atoms with Crippen LogP contribution in [0.25, 0.3) is 0 Å². The standard InChI is InChI=1S/C14H17N5O2/c1-18(2)12-6-7-15-11(17-12)9-16-13(20)10-5-4-8-19(3)14(10)21/h4-8H,9H2,1-3H3,(H,16,20). The van der Waals surface area contributed by atoms with Crippen molar-refractivity contribution in [2.75, 3.05) is 19.0 Å². The van der Waals surface area contributed by atoms with Crippen molar-refractivity contribution >= 4 is 11.7 Å². The van der Waals surface area contributed by atoms with Crippen molar-refractivity contribution in [2.24, 2.45) is 7.05 Å². The molecule has 0 radical (unpaired) electrons. The Balaban J connectivity index is 2.09. The lowest BCUT2D eigenvalue weighted by Crippen LogP contribution is -2.32.